The van der Waals surface area contributed by atoms with Crippen molar-refractivity contribution in [2.45, 2.75) is 0 Å². The number of hydrogen-bond donors (Lipinski definition) is 0. The third kappa shape index (κ3) is 9.05. The summed E-state index contributed by atoms with van der Waals surface area (Å²) in [5.74, 6) is 0. The molecule has 0 saturated heterocycles. The second-order valence-electron chi connectivity index (χ2n) is 0. The first kappa shape index (κ1) is 26.2. The molecule has 0 saturated carbocycles. The van der Waals surface area contributed by atoms with Gasteiger partial charge in [-0.3, -0.25) is 0 Å². The van der Waals surface area contributed by atoms with Gasteiger partial charge >= 0.3 is 0 Å². The van der Waals surface area contributed by atoms with Gasteiger partial charge in [0.1, 0.15) is 0 Å². The van der Waals surface area contributed by atoms with Crippen LogP contribution in [0.1, 0.15) is 0 Å². The molecule has 0 atom stereocenters. The molecular formula is LiNa2Sb. The van der Waals surface area contributed by atoms with Crippen LogP contribution in [0.5, 0.6) is 0 Å². The largest absolute Gasteiger partial charge is 0 e. The molecule has 0 unspecified atom stereocenters. The predicted octanol–water partition coefficient (Wildman–Crippen LogP) is -1.52. The fourth-order valence-electron chi connectivity index (χ4n) is 0. The molecule has 0 bridgehead atoms. The molecule has 0 nitrogen and oxygen atoms in total. The van der Waals surface area contributed by atoms with E-state index in [9.17, 15) is 0 Å². The van der Waals surface area contributed by atoms with E-state index < -0.39 is 0 Å². The zero-order valence-corrected chi connectivity index (χ0v) is 10.0. The first-order valence-electron chi connectivity index (χ1n) is 0. The molecule has 4 heavy (non-hydrogen) atoms. The molecule has 0 aromatic heterocycles. The van der Waals surface area contributed by atoms with Crippen molar-refractivity contribution in [1.29, 1.82) is 0 Å². The monoisotopic (exact) mass is 174 g/mol. The molecule has 0 aliphatic carbocycles. The molecule has 0 amide bonds. The van der Waals surface area contributed by atoms with Gasteiger partial charge in [0.15, 0.2) is 0 Å². The summed E-state index contributed by atoms with van der Waals surface area (Å²) in [6.45, 7) is 0. The molecule has 0 heterocycles. The number of hydrogen-bond acceptors (Lipinski definition) is 0. The van der Waals surface area contributed by atoms with E-state index in [2.05, 4.69) is 0 Å². The first-order valence-corrected chi connectivity index (χ1v) is 0. The Labute approximate surface area is 100 Å². The van der Waals surface area contributed by atoms with Crippen molar-refractivity contribution < 1.29 is 0 Å². The molecular weight excluding hydrogens is 175 g/mol. The van der Waals surface area contributed by atoms with E-state index in [4.69, 9.17) is 0 Å². The fraction of sp³-hybridized carbons (Fsp3) is 0. The van der Waals surface area contributed by atoms with Crippen LogP contribution < -0.4 is 0 Å². The molecule has 8 valence electrons. The molecule has 4 heteroatoms. The van der Waals surface area contributed by atoms with Gasteiger partial charge in [-0.25, -0.2) is 0 Å². The Bertz CT molecular complexity index is 6.00. The fourth-order valence-corrected chi connectivity index (χ4v) is 0. The maximum atomic E-state index is 0. The van der Waals surface area contributed by atoms with Crippen molar-refractivity contribution in [1.82, 2.24) is 0 Å². The molecule has 0 aliphatic heterocycles. The van der Waals surface area contributed by atoms with Crippen LogP contribution in [0, 0.1) is 0 Å². The minimum Gasteiger partial charge on any atom is 0 e. The predicted molar refractivity (Wildman–Crippen MR) is 23.0 cm³/mol. The van der Waals surface area contributed by atoms with Gasteiger partial charge < -0.3 is 0 Å². The van der Waals surface area contributed by atoms with Crippen molar-refractivity contribution in [2.75, 3.05) is 0 Å². The third-order valence-electron chi connectivity index (χ3n) is 0. The van der Waals surface area contributed by atoms with Crippen molar-refractivity contribution in [2.24, 2.45) is 0 Å². The normalized spacial score (nSPS) is 0. The summed E-state index contributed by atoms with van der Waals surface area (Å²) in [6.07, 6.45) is 0. The summed E-state index contributed by atoms with van der Waals surface area (Å²) >= 11 is 0. The van der Waals surface area contributed by atoms with Crippen LogP contribution in [-0.2, 0) is 0 Å². The maximum Gasteiger partial charge on any atom is 0 e. The van der Waals surface area contributed by atoms with E-state index in [0.717, 1.165) is 0 Å². The Morgan fingerprint density at radius 1 is 0.750 bits per heavy atom. The van der Waals surface area contributed by atoms with Gasteiger partial charge in [0, 0.05) is 102 Å². The molecule has 0 fully saturated rings. The SMILES string of the molecule is [Li].[Na].[Na].[Sb]. The summed E-state index contributed by atoms with van der Waals surface area (Å²) in [7, 11) is 0. The van der Waals surface area contributed by atoms with E-state index in [1.54, 1.807) is 0 Å². The van der Waals surface area contributed by atoms with E-state index in [1.165, 1.54) is 0 Å². The van der Waals surface area contributed by atoms with Crippen molar-refractivity contribution >= 4 is 102 Å². The molecule has 0 N–H and O–H groups in total. The standard InChI is InChI=1S/Li.2Na.Sb. The van der Waals surface area contributed by atoms with Crippen LogP contribution in [-0.4, -0.2) is 102 Å². The summed E-state index contributed by atoms with van der Waals surface area (Å²) < 4.78 is 0. The van der Waals surface area contributed by atoms with Gasteiger partial charge in [-0.15, -0.1) is 0 Å². The van der Waals surface area contributed by atoms with Gasteiger partial charge in [0.2, 0.25) is 0 Å². The molecule has 0 aromatic carbocycles. The second kappa shape index (κ2) is 16.1. The van der Waals surface area contributed by atoms with Crippen LogP contribution in [0.4, 0.5) is 0 Å². The van der Waals surface area contributed by atoms with Crippen LogP contribution in [0.2, 0.25) is 0 Å². The minimum atomic E-state index is 0. The summed E-state index contributed by atoms with van der Waals surface area (Å²) in [5.41, 5.74) is 0. The van der Waals surface area contributed by atoms with Crippen LogP contribution in [0.15, 0.2) is 0 Å². The van der Waals surface area contributed by atoms with E-state index >= 15 is 0 Å². The molecule has 0 aromatic rings. The Balaban J connectivity index is 0. The first-order chi connectivity index (χ1) is 0. The molecule has 0 spiro atoms. The maximum absolute atomic E-state index is 0. The van der Waals surface area contributed by atoms with Gasteiger partial charge in [0.25, 0.3) is 0 Å². The average molecular weight is 175 g/mol. The van der Waals surface area contributed by atoms with Crippen molar-refractivity contribution in [3.05, 3.63) is 0 Å². The smallest absolute Gasteiger partial charge is 0 e. The van der Waals surface area contributed by atoms with Crippen LogP contribution in [0.25, 0.3) is 0 Å². The Hall–Kier alpha value is 3.42. The quantitative estimate of drug-likeness (QED) is 0.392. The minimum absolute atomic E-state index is 0. The van der Waals surface area contributed by atoms with Gasteiger partial charge in [0.05, 0.1) is 0 Å². The van der Waals surface area contributed by atoms with E-state index in [0.29, 0.717) is 0 Å². The van der Waals surface area contributed by atoms with Crippen LogP contribution >= 0.6 is 0 Å². The third-order valence-corrected chi connectivity index (χ3v) is 0. The van der Waals surface area contributed by atoms with Gasteiger partial charge in [-0.2, -0.15) is 0 Å². The summed E-state index contributed by atoms with van der Waals surface area (Å²) in [5, 5.41) is 0. The Kier molecular flexibility index (Phi) is 105. The average Bonchev–Trinajstić information content (AvgIpc) is 0. The zero-order valence-electron chi connectivity index (χ0n) is 3.45. The zero-order chi connectivity index (χ0) is 0. The van der Waals surface area contributed by atoms with Gasteiger partial charge in [-0.1, -0.05) is 0 Å². The van der Waals surface area contributed by atoms with Gasteiger partial charge in [-0.05, 0) is 0 Å². The Morgan fingerprint density at radius 2 is 0.750 bits per heavy atom. The van der Waals surface area contributed by atoms with Crippen molar-refractivity contribution in [3.63, 3.8) is 0 Å². The van der Waals surface area contributed by atoms with E-state index in [-0.39, 0.29) is 102 Å². The van der Waals surface area contributed by atoms with E-state index in [1.807, 2.05) is 0 Å². The molecule has 6 radical (unpaired) electrons. The Morgan fingerprint density at radius 3 is 0.750 bits per heavy atom. The topological polar surface area (TPSA) is 0 Å². The second-order valence-corrected chi connectivity index (χ2v) is 0. The molecule has 0 rings (SSSR count). The summed E-state index contributed by atoms with van der Waals surface area (Å²) in [6, 6.07) is 0. The van der Waals surface area contributed by atoms with Crippen LogP contribution in [0.3, 0.4) is 0 Å². The van der Waals surface area contributed by atoms with Crippen molar-refractivity contribution in [3.8, 4) is 0 Å². The number of rotatable bonds is 0. The molecule has 0 aliphatic rings. The summed E-state index contributed by atoms with van der Waals surface area (Å²) in [4.78, 5) is 0.